The molecule has 0 aromatic carbocycles. The van der Waals surface area contributed by atoms with Crippen molar-refractivity contribution in [1.29, 1.82) is 0 Å². The van der Waals surface area contributed by atoms with Gasteiger partial charge in [-0.15, -0.1) is 0 Å². The summed E-state index contributed by atoms with van der Waals surface area (Å²) in [4.78, 5) is 34.5. The fraction of sp³-hybridized carbons (Fsp3) is 0.769. The van der Waals surface area contributed by atoms with E-state index in [9.17, 15) is 9.59 Å². The molecule has 1 saturated heterocycles. The third kappa shape index (κ3) is 7.57. The standard InChI is InChI=1S/C26H44BN5O5/c1-16(2)20(32-23(34)35-24(3,4)5)21(33)30-18-12-10-11-13-19(18)31-22-28-14-17(15-29-22)27-36-25(6,7)26(8,9)37-27/h14-16,18-20H,10-13H2,1-9H3,(H,30,33)(H,32,34)(H,28,29,31)/t18-,19-,20+/m1/s1. The molecule has 10 nitrogen and oxygen atoms in total. The number of aromatic nitrogens is 2. The maximum Gasteiger partial charge on any atom is 0.498 e. The van der Waals surface area contributed by atoms with Gasteiger partial charge in [-0.3, -0.25) is 4.79 Å². The Balaban J connectivity index is 1.62. The van der Waals surface area contributed by atoms with Crippen LogP contribution in [0.1, 0.15) is 88.0 Å². The first kappa shape index (κ1) is 29.2. The van der Waals surface area contributed by atoms with E-state index < -0.39 is 36.1 Å². The molecule has 2 fully saturated rings. The SMILES string of the molecule is CC(C)[C@H](NC(=O)OC(C)(C)C)C(=O)N[C@@H]1CCCC[C@H]1Nc1ncc(B2OC(C)(C)C(C)(C)O2)cn1. The van der Waals surface area contributed by atoms with E-state index in [0.717, 1.165) is 31.1 Å². The quantitative estimate of drug-likeness (QED) is 0.472. The topological polar surface area (TPSA) is 124 Å². The average Bonchev–Trinajstić information content (AvgIpc) is 2.99. The molecule has 37 heavy (non-hydrogen) atoms. The summed E-state index contributed by atoms with van der Waals surface area (Å²) < 4.78 is 17.5. The van der Waals surface area contributed by atoms with Gasteiger partial charge in [-0.2, -0.15) is 0 Å². The first-order valence-electron chi connectivity index (χ1n) is 13.3. The number of hydrogen-bond donors (Lipinski definition) is 3. The van der Waals surface area contributed by atoms with Crippen LogP contribution in [0.2, 0.25) is 0 Å². The molecule has 0 bridgehead atoms. The first-order valence-corrected chi connectivity index (χ1v) is 13.3. The van der Waals surface area contributed by atoms with Crippen LogP contribution >= 0.6 is 0 Å². The lowest BCUT2D eigenvalue weighted by atomic mass is 9.81. The van der Waals surface area contributed by atoms with Gasteiger partial charge in [-0.25, -0.2) is 14.8 Å². The van der Waals surface area contributed by atoms with Gasteiger partial charge in [0.15, 0.2) is 0 Å². The molecule has 1 aromatic rings. The summed E-state index contributed by atoms with van der Waals surface area (Å²) in [6.07, 6.45) is 6.58. The average molecular weight is 517 g/mol. The van der Waals surface area contributed by atoms with Crippen LogP contribution in [0.25, 0.3) is 0 Å². The van der Waals surface area contributed by atoms with E-state index in [0.29, 0.717) is 5.95 Å². The van der Waals surface area contributed by atoms with E-state index in [1.807, 2.05) is 41.5 Å². The predicted molar refractivity (Wildman–Crippen MR) is 144 cm³/mol. The van der Waals surface area contributed by atoms with Crippen molar-refractivity contribution in [2.45, 2.75) is 123 Å². The smallest absolute Gasteiger partial charge is 0.444 e. The summed E-state index contributed by atoms with van der Waals surface area (Å²) in [6.45, 7) is 17.2. The van der Waals surface area contributed by atoms with Crippen LogP contribution in [0.15, 0.2) is 12.4 Å². The van der Waals surface area contributed by atoms with E-state index in [1.165, 1.54) is 0 Å². The third-order valence-corrected chi connectivity index (χ3v) is 7.23. The fourth-order valence-electron chi connectivity index (χ4n) is 4.40. The Bertz CT molecular complexity index is 932. The predicted octanol–water partition coefficient (Wildman–Crippen LogP) is 3.16. The fourth-order valence-corrected chi connectivity index (χ4v) is 4.40. The second-order valence-electron chi connectivity index (χ2n) is 12.4. The number of alkyl carbamates (subject to hydrolysis) is 1. The zero-order valence-electron chi connectivity index (χ0n) is 23.8. The molecule has 0 spiro atoms. The highest BCUT2D eigenvalue weighted by Crippen LogP contribution is 2.36. The van der Waals surface area contributed by atoms with Crippen LogP contribution in [-0.4, -0.2) is 64.0 Å². The van der Waals surface area contributed by atoms with Gasteiger partial charge in [0, 0.05) is 29.9 Å². The molecule has 0 radical (unpaired) electrons. The van der Waals surface area contributed by atoms with Crippen molar-refractivity contribution in [3.8, 4) is 0 Å². The molecule has 0 unspecified atom stereocenters. The number of hydrogen-bond acceptors (Lipinski definition) is 8. The van der Waals surface area contributed by atoms with E-state index >= 15 is 0 Å². The molecule has 1 aliphatic carbocycles. The Morgan fingerprint density at radius 3 is 2.08 bits per heavy atom. The van der Waals surface area contributed by atoms with Crippen LogP contribution in [0.4, 0.5) is 10.7 Å². The van der Waals surface area contributed by atoms with Crippen LogP contribution in [0.5, 0.6) is 0 Å². The summed E-state index contributed by atoms with van der Waals surface area (Å²) in [5.41, 5.74) is -0.758. The molecule has 1 saturated carbocycles. The van der Waals surface area contributed by atoms with Crippen LogP contribution in [-0.2, 0) is 18.8 Å². The van der Waals surface area contributed by atoms with Gasteiger partial charge < -0.3 is 30.0 Å². The Morgan fingerprint density at radius 1 is 1.03 bits per heavy atom. The molecule has 3 N–H and O–H groups in total. The third-order valence-electron chi connectivity index (χ3n) is 7.23. The van der Waals surface area contributed by atoms with Gasteiger partial charge in [0.1, 0.15) is 11.6 Å². The van der Waals surface area contributed by atoms with Crippen molar-refractivity contribution >= 4 is 30.5 Å². The zero-order valence-corrected chi connectivity index (χ0v) is 23.8. The Hall–Kier alpha value is -2.40. The number of anilines is 1. The second kappa shape index (κ2) is 11.1. The summed E-state index contributed by atoms with van der Waals surface area (Å²) >= 11 is 0. The van der Waals surface area contributed by atoms with E-state index in [4.69, 9.17) is 14.0 Å². The molecule has 2 amide bonds. The maximum atomic E-state index is 13.2. The molecule has 1 aromatic heterocycles. The van der Waals surface area contributed by atoms with E-state index in [1.54, 1.807) is 33.2 Å². The first-order chi connectivity index (χ1) is 17.1. The lowest BCUT2D eigenvalue weighted by Crippen LogP contribution is -2.56. The normalized spacial score (nSPS) is 23.9. The molecule has 1 aliphatic heterocycles. The van der Waals surface area contributed by atoms with Crippen molar-refractivity contribution in [3.63, 3.8) is 0 Å². The highest BCUT2D eigenvalue weighted by Gasteiger charge is 2.52. The molecule has 3 rings (SSSR count). The van der Waals surface area contributed by atoms with Gasteiger partial charge in [-0.05, 0) is 67.2 Å². The van der Waals surface area contributed by atoms with Crippen LogP contribution in [0.3, 0.4) is 0 Å². The van der Waals surface area contributed by atoms with Gasteiger partial charge in [0.05, 0.1) is 11.2 Å². The monoisotopic (exact) mass is 517 g/mol. The number of amides is 2. The van der Waals surface area contributed by atoms with Gasteiger partial charge in [0.2, 0.25) is 11.9 Å². The highest BCUT2D eigenvalue weighted by molar-refractivity contribution is 6.61. The van der Waals surface area contributed by atoms with E-state index in [-0.39, 0.29) is 23.9 Å². The van der Waals surface area contributed by atoms with Gasteiger partial charge >= 0.3 is 13.2 Å². The molecular formula is C26H44BN5O5. The van der Waals surface area contributed by atoms with Crippen molar-refractivity contribution in [3.05, 3.63) is 12.4 Å². The Labute approximate surface area is 221 Å². The summed E-state index contributed by atoms with van der Waals surface area (Å²) in [7, 11) is -0.522. The number of carbonyl (C=O) groups excluding carboxylic acids is 2. The molecule has 2 aliphatic rings. The molecular weight excluding hydrogens is 473 g/mol. The minimum Gasteiger partial charge on any atom is -0.444 e. The summed E-state index contributed by atoms with van der Waals surface area (Å²) in [6, 6.07) is -0.850. The molecule has 2 heterocycles. The number of nitrogens with zero attached hydrogens (tertiary/aromatic N) is 2. The zero-order chi connectivity index (χ0) is 27.6. The lowest BCUT2D eigenvalue weighted by Gasteiger charge is -2.34. The van der Waals surface area contributed by atoms with Crippen molar-refractivity contribution in [2.24, 2.45) is 5.92 Å². The molecule has 206 valence electrons. The lowest BCUT2D eigenvalue weighted by molar-refractivity contribution is -0.125. The molecule has 11 heteroatoms. The summed E-state index contributed by atoms with van der Waals surface area (Å²) in [5, 5.41) is 9.27. The van der Waals surface area contributed by atoms with E-state index in [2.05, 4.69) is 25.9 Å². The maximum absolute atomic E-state index is 13.2. The number of rotatable bonds is 7. The van der Waals surface area contributed by atoms with Gasteiger partial charge in [-0.1, -0.05) is 26.7 Å². The second-order valence-corrected chi connectivity index (χ2v) is 12.4. The van der Waals surface area contributed by atoms with Crippen molar-refractivity contribution in [2.75, 3.05) is 5.32 Å². The van der Waals surface area contributed by atoms with Crippen LogP contribution < -0.4 is 21.4 Å². The Morgan fingerprint density at radius 2 is 1.57 bits per heavy atom. The van der Waals surface area contributed by atoms with Gasteiger partial charge in [0.25, 0.3) is 0 Å². The number of nitrogens with one attached hydrogen (secondary N) is 3. The highest BCUT2D eigenvalue weighted by atomic mass is 16.7. The van der Waals surface area contributed by atoms with Crippen molar-refractivity contribution < 1.29 is 23.6 Å². The minimum atomic E-state index is -0.701. The number of carbonyl (C=O) groups is 2. The summed E-state index contributed by atoms with van der Waals surface area (Å²) in [5.74, 6) is 0.156. The van der Waals surface area contributed by atoms with Crippen LogP contribution in [0, 0.1) is 5.92 Å². The molecule has 3 atom stereocenters. The Kier molecular flexibility index (Phi) is 8.79. The minimum absolute atomic E-state index is 0.0327. The number of ether oxygens (including phenoxy) is 1. The largest absolute Gasteiger partial charge is 0.498 e. The van der Waals surface area contributed by atoms with Crippen molar-refractivity contribution in [1.82, 2.24) is 20.6 Å².